The Kier molecular flexibility index (Phi) is 3.92. The average Bonchev–Trinajstić information content (AvgIpc) is 2.67. The van der Waals surface area contributed by atoms with Gasteiger partial charge in [-0.2, -0.15) is 0 Å². The number of anilines is 2. The predicted octanol–water partition coefficient (Wildman–Crippen LogP) is 3.44. The van der Waals surface area contributed by atoms with Crippen LogP contribution < -0.4 is 10.2 Å². The Bertz CT molecular complexity index is 938. The van der Waals surface area contributed by atoms with Gasteiger partial charge in [0.25, 0.3) is 0 Å². The van der Waals surface area contributed by atoms with Gasteiger partial charge in [0, 0.05) is 42.9 Å². The third kappa shape index (κ3) is 2.86. The minimum atomic E-state index is 0.506. The van der Waals surface area contributed by atoms with Crippen LogP contribution in [0.15, 0.2) is 48.1 Å². The Morgan fingerprint density at radius 3 is 3.12 bits per heavy atom. The van der Waals surface area contributed by atoms with Crippen molar-refractivity contribution in [2.45, 2.75) is 19.9 Å². The second kappa shape index (κ2) is 6.38. The molecule has 5 nitrogen and oxygen atoms in total. The Morgan fingerprint density at radius 1 is 1.36 bits per heavy atom. The first kappa shape index (κ1) is 15.4. The van der Waals surface area contributed by atoms with E-state index in [9.17, 15) is 4.79 Å². The fraction of sp³-hybridized carbons (Fsp3) is 0.200. The first-order valence-electron chi connectivity index (χ1n) is 8.36. The topological polar surface area (TPSA) is 58.1 Å². The maximum atomic E-state index is 11.2. The molecule has 0 spiro atoms. The van der Waals surface area contributed by atoms with Gasteiger partial charge in [0.1, 0.15) is 5.70 Å². The number of fused-ring (bicyclic) bond motifs is 2. The molecule has 0 atom stereocenters. The highest BCUT2D eigenvalue weighted by Gasteiger charge is 2.18. The van der Waals surface area contributed by atoms with Gasteiger partial charge < -0.3 is 10.2 Å². The van der Waals surface area contributed by atoms with Crippen molar-refractivity contribution < 1.29 is 4.79 Å². The fourth-order valence-corrected chi connectivity index (χ4v) is 3.23. The molecule has 4 rings (SSSR count). The van der Waals surface area contributed by atoms with E-state index >= 15 is 0 Å². The molecule has 0 radical (unpaired) electrons. The van der Waals surface area contributed by atoms with Gasteiger partial charge >= 0.3 is 0 Å². The molecule has 0 saturated carbocycles. The molecule has 2 aromatic heterocycles. The van der Waals surface area contributed by atoms with Gasteiger partial charge in [-0.05, 0) is 35.8 Å². The summed E-state index contributed by atoms with van der Waals surface area (Å²) in [6.07, 6.45) is 12.6. The van der Waals surface area contributed by atoms with Crippen molar-refractivity contribution in [1.29, 1.82) is 0 Å². The highest BCUT2D eigenvalue weighted by molar-refractivity contribution is 5.82. The molecular formula is C20H18N4O. The molecule has 0 saturated heterocycles. The third-order valence-corrected chi connectivity index (χ3v) is 4.52. The van der Waals surface area contributed by atoms with Crippen molar-refractivity contribution in [1.82, 2.24) is 9.97 Å². The normalized spacial score (nSPS) is 15.0. The van der Waals surface area contributed by atoms with Crippen LogP contribution >= 0.6 is 0 Å². The predicted molar refractivity (Wildman–Crippen MR) is 99.7 cm³/mol. The lowest BCUT2D eigenvalue weighted by atomic mass is 10.0. The van der Waals surface area contributed by atoms with Crippen molar-refractivity contribution in [2.75, 3.05) is 16.8 Å². The van der Waals surface area contributed by atoms with Crippen LogP contribution in [0.1, 0.15) is 30.2 Å². The molecule has 4 heterocycles. The molecule has 2 aromatic rings. The number of nitrogens with one attached hydrogen (secondary N) is 1. The highest BCUT2D eigenvalue weighted by atomic mass is 16.1. The van der Waals surface area contributed by atoms with E-state index in [4.69, 9.17) is 0 Å². The molecule has 124 valence electrons. The molecule has 2 aliphatic rings. The molecule has 0 fully saturated rings. The first-order valence-corrected chi connectivity index (χ1v) is 8.36. The zero-order valence-electron chi connectivity index (χ0n) is 14.0. The molecule has 2 aliphatic heterocycles. The van der Waals surface area contributed by atoms with Gasteiger partial charge in [-0.1, -0.05) is 19.1 Å². The molecule has 5 heteroatoms. The van der Waals surface area contributed by atoms with Crippen molar-refractivity contribution in [2.24, 2.45) is 0 Å². The lowest BCUT2D eigenvalue weighted by Crippen LogP contribution is -2.25. The summed E-state index contributed by atoms with van der Waals surface area (Å²) in [5.41, 5.74) is 6.54. The summed E-state index contributed by atoms with van der Waals surface area (Å²) in [5, 5.41) is 3.16. The zero-order valence-corrected chi connectivity index (χ0v) is 14.0. The number of hydrogen-bond donors (Lipinski definition) is 1. The SMILES string of the molecule is CCC1=Cc2ncc(CN3CC=Cc4cnccc43)cc2NC1=C=O. The van der Waals surface area contributed by atoms with E-state index < -0.39 is 0 Å². The largest absolute Gasteiger partial charge is 0.363 e. The van der Waals surface area contributed by atoms with Crippen LogP contribution in [0, 0.1) is 0 Å². The Balaban J connectivity index is 1.63. The zero-order chi connectivity index (χ0) is 17.2. The molecule has 0 aromatic carbocycles. The van der Waals surface area contributed by atoms with E-state index in [1.54, 1.807) is 0 Å². The molecule has 0 unspecified atom stereocenters. The van der Waals surface area contributed by atoms with Crippen LogP contribution in [0.2, 0.25) is 0 Å². The number of pyridine rings is 2. The minimum Gasteiger partial charge on any atom is -0.363 e. The van der Waals surface area contributed by atoms with E-state index in [1.165, 1.54) is 5.69 Å². The van der Waals surface area contributed by atoms with E-state index in [-0.39, 0.29) is 0 Å². The molecular weight excluding hydrogens is 312 g/mol. The maximum Gasteiger partial charge on any atom is 0.150 e. The molecule has 0 aliphatic carbocycles. The summed E-state index contributed by atoms with van der Waals surface area (Å²) in [6.45, 7) is 3.61. The van der Waals surface area contributed by atoms with Crippen molar-refractivity contribution in [3.63, 3.8) is 0 Å². The maximum absolute atomic E-state index is 11.2. The van der Waals surface area contributed by atoms with Gasteiger partial charge in [-0.15, -0.1) is 0 Å². The molecule has 25 heavy (non-hydrogen) atoms. The van der Waals surface area contributed by atoms with Crippen LogP contribution in [0.5, 0.6) is 0 Å². The van der Waals surface area contributed by atoms with Gasteiger partial charge in [0.05, 0.1) is 11.4 Å². The number of hydrogen-bond acceptors (Lipinski definition) is 5. The summed E-state index contributed by atoms with van der Waals surface area (Å²) in [7, 11) is 0. The third-order valence-electron chi connectivity index (χ3n) is 4.52. The fourth-order valence-electron chi connectivity index (χ4n) is 3.23. The summed E-state index contributed by atoms with van der Waals surface area (Å²) in [5.74, 6) is 1.99. The smallest absolute Gasteiger partial charge is 0.150 e. The lowest BCUT2D eigenvalue weighted by molar-refractivity contribution is 0.567. The molecule has 1 N–H and O–H groups in total. The highest BCUT2D eigenvalue weighted by Crippen LogP contribution is 2.30. The van der Waals surface area contributed by atoms with Crippen LogP contribution in [0.3, 0.4) is 0 Å². The second-order valence-corrected chi connectivity index (χ2v) is 6.12. The first-order chi connectivity index (χ1) is 12.3. The van der Waals surface area contributed by atoms with Crippen LogP contribution in [0.4, 0.5) is 11.4 Å². The Morgan fingerprint density at radius 2 is 2.28 bits per heavy atom. The summed E-state index contributed by atoms with van der Waals surface area (Å²) in [6, 6.07) is 4.09. The van der Waals surface area contributed by atoms with E-state index in [0.717, 1.165) is 47.6 Å². The number of allylic oxidation sites excluding steroid dienone is 1. The molecule has 0 amide bonds. The second-order valence-electron chi connectivity index (χ2n) is 6.12. The van der Waals surface area contributed by atoms with Gasteiger partial charge in [-0.3, -0.25) is 9.97 Å². The Hall–Kier alpha value is -3.17. The summed E-state index contributed by atoms with van der Waals surface area (Å²) in [4.78, 5) is 22.2. The molecule has 0 bridgehead atoms. The van der Waals surface area contributed by atoms with Gasteiger partial charge in [0.15, 0.2) is 5.94 Å². The van der Waals surface area contributed by atoms with Crippen molar-refractivity contribution in [3.8, 4) is 0 Å². The summed E-state index contributed by atoms with van der Waals surface area (Å²) < 4.78 is 0. The lowest BCUT2D eigenvalue weighted by Gasteiger charge is -2.28. The van der Waals surface area contributed by atoms with Crippen LogP contribution in [-0.4, -0.2) is 22.5 Å². The quantitative estimate of drug-likeness (QED) is 0.874. The van der Waals surface area contributed by atoms with Crippen molar-refractivity contribution in [3.05, 3.63) is 64.9 Å². The minimum absolute atomic E-state index is 0.506. The average molecular weight is 330 g/mol. The number of aromatic nitrogens is 2. The van der Waals surface area contributed by atoms with E-state index in [0.29, 0.717) is 5.70 Å². The van der Waals surface area contributed by atoms with E-state index in [1.807, 2.05) is 43.6 Å². The number of carbonyl (C=O) groups excluding carboxylic acids is 1. The van der Waals surface area contributed by atoms with Gasteiger partial charge in [-0.25, -0.2) is 4.79 Å². The summed E-state index contributed by atoms with van der Waals surface area (Å²) >= 11 is 0. The Labute approximate surface area is 146 Å². The monoisotopic (exact) mass is 330 g/mol. The van der Waals surface area contributed by atoms with E-state index in [2.05, 4.69) is 38.4 Å². The number of rotatable bonds is 3. The van der Waals surface area contributed by atoms with Crippen LogP contribution in [0.25, 0.3) is 12.2 Å². The van der Waals surface area contributed by atoms with Gasteiger partial charge in [0.2, 0.25) is 0 Å². The number of nitrogens with zero attached hydrogens (tertiary/aromatic N) is 3. The van der Waals surface area contributed by atoms with Crippen molar-refractivity contribution >= 4 is 29.5 Å². The standard InChI is InChI=1S/C20H18N4O/c1-2-15-9-17-18(23-19(15)13-25)8-14(10-22-17)12-24-7-3-4-16-11-21-6-5-20(16)24/h3-6,8-11,23H,2,7,12H2,1H3. The van der Waals surface area contributed by atoms with Crippen LogP contribution in [-0.2, 0) is 11.3 Å².